The lowest BCUT2D eigenvalue weighted by Crippen LogP contribution is -0.798. The van der Waals surface area contributed by atoms with E-state index in [9.17, 15) is 0 Å². The number of hydrogen-bond acceptors (Lipinski definition) is 0. The van der Waals surface area contributed by atoms with Crippen LogP contribution in [0.4, 0.5) is 0 Å². The van der Waals surface area contributed by atoms with Gasteiger partial charge in [-0.05, 0) is 4.93 Å². The molecule has 0 aliphatic heterocycles. The molecule has 0 nitrogen and oxygen atoms in total. The van der Waals surface area contributed by atoms with Gasteiger partial charge in [0.05, 0.1) is 0 Å². The molecular weight excluding hydrogens is 175 g/mol. The molecule has 0 saturated heterocycles. The van der Waals surface area contributed by atoms with Crippen LogP contribution >= 0.6 is 22.6 Å². The van der Waals surface area contributed by atoms with Gasteiger partial charge in [0, 0.05) is 0 Å². The third kappa shape index (κ3) is 9.73. The van der Waals surface area contributed by atoms with Crippen LogP contribution < -0.4 is 0 Å². The first-order chi connectivity index (χ1) is 1.00. The highest BCUT2D eigenvalue weighted by atomic mass is 127. The van der Waals surface area contributed by atoms with Crippen LogP contribution in [0.15, 0.2) is 0 Å². The van der Waals surface area contributed by atoms with E-state index in [1.807, 2.05) is 4.93 Å². The second-order valence-corrected chi connectivity index (χ2v) is 0. The second-order valence-electron chi connectivity index (χ2n) is 0. The molecule has 0 aromatic heterocycles. The molecule has 0 atom stereocenters. The van der Waals surface area contributed by atoms with E-state index in [2.05, 4.69) is 22.6 Å². The number of rotatable bonds is 0. The van der Waals surface area contributed by atoms with Crippen molar-refractivity contribution in [2.45, 2.75) is 7.43 Å². The number of alkyl halides is 1. The first-order valence-electron chi connectivity index (χ1n) is 0.378. The Kier molecular flexibility index (Phi) is 109. The summed E-state index contributed by atoms with van der Waals surface area (Å²) in [6, 6.07) is 0. The number of hydrogen-bond donors (Lipinski definition) is 0. The molecule has 0 N–H and O–H groups in total. The molecule has 26 valence electrons. The summed E-state index contributed by atoms with van der Waals surface area (Å²) in [5.41, 5.74) is 0. The van der Waals surface area contributed by atoms with E-state index in [4.69, 9.17) is 0 Å². The summed E-state index contributed by atoms with van der Waals surface area (Å²) < 4.78 is 0. The van der Waals surface area contributed by atoms with E-state index in [0.29, 0.717) is 0 Å². The van der Waals surface area contributed by atoms with Gasteiger partial charge in [-0.25, -0.2) is 0 Å². The molecule has 0 fully saturated rings. The minimum absolute atomic E-state index is 0. The van der Waals surface area contributed by atoms with Crippen LogP contribution in [0.3, 0.4) is 0 Å². The summed E-state index contributed by atoms with van der Waals surface area (Å²) in [6.07, 6.45) is 0. The first-order valence-corrected chi connectivity index (χ1v) is 2.54. The van der Waals surface area contributed by atoms with E-state index in [1.165, 1.54) is 0 Å². The Balaban J connectivity index is -0.00000000500. The Labute approximate surface area is 57.6 Å². The van der Waals surface area contributed by atoms with Gasteiger partial charge < -0.3 is 0 Å². The minimum Gasteiger partial charge on any atom is -0.0901 e. The molecular formula is C2H9IMg. The Morgan fingerprint density at radius 3 is 1.25 bits per heavy atom. The quantitative estimate of drug-likeness (QED) is 0.296. The smallest absolute Gasteiger partial charge is 0.0901 e. The fourth-order valence-corrected chi connectivity index (χ4v) is 0. The van der Waals surface area contributed by atoms with Crippen molar-refractivity contribution >= 4 is 45.6 Å². The number of halogens is 1. The van der Waals surface area contributed by atoms with Crippen LogP contribution in [0.5, 0.6) is 0 Å². The van der Waals surface area contributed by atoms with Crippen molar-refractivity contribution in [2.75, 3.05) is 4.93 Å². The molecule has 0 aliphatic carbocycles. The summed E-state index contributed by atoms with van der Waals surface area (Å²) in [5, 5.41) is 0. The molecule has 0 rings (SSSR count). The van der Waals surface area contributed by atoms with Crippen molar-refractivity contribution in [3.05, 3.63) is 0 Å². The lowest BCUT2D eigenvalue weighted by Gasteiger charge is -1.05. The maximum absolute atomic E-state index is 2.15. The topological polar surface area (TPSA) is 0 Å². The van der Waals surface area contributed by atoms with Gasteiger partial charge in [-0.3, -0.25) is 0 Å². The van der Waals surface area contributed by atoms with Gasteiger partial charge >= 0.3 is 23.1 Å². The van der Waals surface area contributed by atoms with Crippen LogP contribution in [0.2, 0.25) is 0 Å². The summed E-state index contributed by atoms with van der Waals surface area (Å²) in [5.74, 6) is 0. The maximum atomic E-state index is 2.15. The van der Waals surface area contributed by atoms with Crippen molar-refractivity contribution in [3.8, 4) is 0 Å². The SMILES string of the molecule is C.CI.[MgH2]. The summed E-state index contributed by atoms with van der Waals surface area (Å²) >= 11 is 2.15. The van der Waals surface area contributed by atoms with Crippen molar-refractivity contribution in [1.29, 1.82) is 0 Å². The molecule has 0 saturated carbocycles. The van der Waals surface area contributed by atoms with E-state index in [1.54, 1.807) is 0 Å². The lowest BCUT2D eigenvalue weighted by atomic mass is 12.0. The highest BCUT2D eigenvalue weighted by molar-refractivity contribution is 14.1. The fourth-order valence-electron chi connectivity index (χ4n) is 0. The minimum atomic E-state index is 0. The lowest BCUT2D eigenvalue weighted by molar-refractivity contribution is 2.50. The average molecular weight is 184 g/mol. The Hall–Kier alpha value is 1.50. The Bertz CT molecular complexity index is 6.00. The Morgan fingerprint density at radius 1 is 1.25 bits per heavy atom. The predicted octanol–water partition coefficient (Wildman–Crippen LogP) is 0.771. The van der Waals surface area contributed by atoms with Crippen LogP contribution in [0.25, 0.3) is 0 Å². The monoisotopic (exact) mass is 184 g/mol. The fraction of sp³-hybridized carbons (Fsp3) is 1.00. The standard InChI is InChI=1S/CH3I.CH4.Mg.2H/c1-2;;;;/h1H3;1H4;;;. The van der Waals surface area contributed by atoms with Crippen molar-refractivity contribution in [3.63, 3.8) is 0 Å². The molecule has 0 heterocycles. The molecule has 0 bridgehead atoms. The van der Waals surface area contributed by atoms with Gasteiger partial charge in [-0.1, -0.05) is 30.0 Å². The van der Waals surface area contributed by atoms with E-state index in [-0.39, 0.29) is 30.5 Å². The molecule has 0 radical (unpaired) electrons. The molecule has 0 unspecified atom stereocenters. The van der Waals surface area contributed by atoms with Gasteiger partial charge in [0.15, 0.2) is 0 Å². The highest BCUT2D eigenvalue weighted by Crippen LogP contribution is 1.48. The van der Waals surface area contributed by atoms with E-state index >= 15 is 0 Å². The zero-order chi connectivity index (χ0) is 2.00. The van der Waals surface area contributed by atoms with Gasteiger partial charge in [0.2, 0.25) is 0 Å². The molecule has 0 amide bonds. The van der Waals surface area contributed by atoms with Crippen LogP contribution in [0, 0.1) is 0 Å². The third-order valence-corrected chi connectivity index (χ3v) is 0. The van der Waals surface area contributed by atoms with Crippen LogP contribution in [-0.2, 0) is 0 Å². The third-order valence-electron chi connectivity index (χ3n) is 0. The summed E-state index contributed by atoms with van der Waals surface area (Å²) in [7, 11) is 0. The molecule has 0 aliphatic rings. The van der Waals surface area contributed by atoms with Crippen molar-refractivity contribution in [1.82, 2.24) is 0 Å². The van der Waals surface area contributed by atoms with Crippen molar-refractivity contribution in [2.24, 2.45) is 0 Å². The summed E-state index contributed by atoms with van der Waals surface area (Å²) in [4.78, 5) is 1.97. The van der Waals surface area contributed by atoms with Gasteiger partial charge in [0.1, 0.15) is 0 Å². The molecule has 2 heteroatoms. The zero-order valence-corrected chi connectivity index (χ0v) is 3.54. The van der Waals surface area contributed by atoms with Gasteiger partial charge in [0.25, 0.3) is 0 Å². The average Bonchev–Trinajstić information content (AvgIpc) is 1.00. The van der Waals surface area contributed by atoms with Crippen molar-refractivity contribution < 1.29 is 0 Å². The maximum Gasteiger partial charge on any atom is 0.316 e. The van der Waals surface area contributed by atoms with E-state index < -0.39 is 0 Å². The Morgan fingerprint density at radius 2 is 1.25 bits per heavy atom. The van der Waals surface area contributed by atoms with Gasteiger partial charge in [-0.15, -0.1) is 0 Å². The largest absolute Gasteiger partial charge is 0.316 e. The molecule has 0 spiro atoms. The predicted molar refractivity (Wildman–Crippen MR) is 35.2 cm³/mol. The molecule has 0 aromatic carbocycles. The van der Waals surface area contributed by atoms with Gasteiger partial charge in [-0.2, -0.15) is 0 Å². The second kappa shape index (κ2) is 24.5. The molecule has 0 aromatic rings. The molecule has 4 heavy (non-hydrogen) atoms. The van der Waals surface area contributed by atoms with E-state index in [0.717, 1.165) is 0 Å². The first kappa shape index (κ1) is 17.8. The van der Waals surface area contributed by atoms with Crippen LogP contribution in [-0.4, -0.2) is 28.0 Å². The normalized spacial score (nSPS) is 1.50. The summed E-state index contributed by atoms with van der Waals surface area (Å²) in [6.45, 7) is 0. The highest BCUT2D eigenvalue weighted by Gasteiger charge is 0.950. The zero-order valence-electron chi connectivity index (χ0n) is 1.38. The van der Waals surface area contributed by atoms with Crippen LogP contribution in [0.1, 0.15) is 7.43 Å².